The van der Waals surface area contributed by atoms with Crippen molar-refractivity contribution in [1.29, 1.82) is 0 Å². The first kappa shape index (κ1) is 11.7. The monoisotopic (exact) mass is 194 g/mol. The van der Waals surface area contributed by atoms with Gasteiger partial charge in [0.2, 0.25) is 5.91 Å². The summed E-state index contributed by atoms with van der Waals surface area (Å²) in [4.78, 5) is 12.7. The van der Waals surface area contributed by atoms with E-state index in [1.165, 1.54) is 0 Å². The van der Waals surface area contributed by atoms with E-state index in [1.54, 1.807) is 11.9 Å². The molecule has 2 N–H and O–H groups in total. The smallest absolute Gasteiger partial charge is 0.248 e. The lowest BCUT2D eigenvalue weighted by molar-refractivity contribution is -0.133. The molecule has 5 heteroatoms. The Hall–Kier alpha value is -0.320. The highest BCUT2D eigenvalue weighted by atomic mass is 35.5. The van der Waals surface area contributed by atoms with Gasteiger partial charge in [0.25, 0.3) is 0 Å². The van der Waals surface area contributed by atoms with Gasteiger partial charge in [-0.25, -0.2) is 0 Å². The summed E-state index contributed by atoms with van der Waals surface area (Å²) in [7, 11) is 1.78. The molecule has 0 bridgehead atoms. The van der Waals surface area contributed by atoms with Crippen molar-refractivity contribution in [1.82, 2.24) is 4.90 Å². The van der Waals surface area contributed by atoms with Gasteiger partial charge in [0.05, 0.1) is 6.10 Å². The van der Waals surface area contributed by atoms with Crippen molar-refractivity contribution in [2.45, 2.75) is 12.5 Å². The predicted octanol–water partition coefficient (Wildman–Crippen LogP) is -0.386. The third-order valence-electron chi connectivity index (χ3n) is 1.92. The van der Waals surface area contributed by atoms with Crippen LogP contribution in [0.25, 0.3) is 0 Å². The molecular formula is C7H15ClN2O2. The van der Waals surface area contributed by atoms with Gasteiger partial charge in [-0.2, -0.15) is 0 Å². The number of nitrogens with zero attached hydrogens (tertiary/aromatic N) is 1. The molecule has 1 heterocycles. The van der Waals surface area contributed by atoms with Gasteiger partial charge in [-0.1, -0.05) is 0 Å². The van der Waals surface area contributed by atoms with E-state index in [1.807, 2.05) is 0 Å². The van der Waals surface area contributed by atoms with E-state index >= 15 is 0 Å². The molecule has 1 saturated heterocycles. The van der Waals surface area contributed by atoms with Gasteiger partial charge < -0.3 is 15.4 Å². The van der Waals surface area contributed by atoms with Gasteiger partial charge in [-0.15, -0.1) is 12.4 Å². The highest BCUT2D eigenvalue weighted by molar-refractivity contribution is 5.85. The largest absolute Gasteiger partial charge is 0.367 e. The number of likely N-dealkylation sites (N-methyl/N-ethyl adjacent to an activating group) is 1. The Bertz CT molecular complexity index is 154. The highest BCUT2D eigenvalue weighted by Crippen LogP contribution is 2.04. The lowest BCUT2D eigenvalue weighted by Gasteiger charge is -2.12. The van der Waals surface area contributed by atoms with Gasteiger partial charge in [-0.05, 0) is 6.42 Å². The summed E-state index contributed by atoms with van der Waals surface area (Å²) in [5.41, 5.74) is 5.41. The van der Waals surface area contributed by atoms with Gasteiger partial charge in [0.1, 0.15) is 6.61 Å². The van der Waals surface area contributed by atoms with Gasteiger partial charge in [0, 0.05) is 20.1 Å². The zero-order valence-electron chi connectivity index (χ0n) is 7.16. The maximum atomic E-state index is 11.0. The first-order chi connectivity index (χ1) is 5.24. The summed E-state index contributed by atoms with van der Waals surface area (Å²) in [5.74, 6) is 0.0425. The zero-order chi connectivity index (χ0) is 8.27. The van der Waals surface area contributed by atoms with Crippen molar-refractivity contribution >= 4 is 18.3 Å². The summed E-state index contributed by atoms with van der Waals surface area (Å²) in [5, 5.41) is 0. The Morgan fingerprint density at radius 1 is 1.75 bits per heavy atom. The Morgan fingerprint density at radius 2 is 2.42 bits per heavy atom. The van der Waals surface area contributed by atoms with Crippen LogP contribution in [0, 0.1) is 0 Å². The summed E-state index contributed by atoms with van der Waals surface area (Å²) in [6, 6.07) is 0. The lowest BCUT2D eigenvalue weighted by atomic mass is 10.2. The molecule has 0 radical (unpaired) electrons. The standard InChI is InChI=1S/C7H14N2O2.ClH/c1-9-3-2-6(4-8)11-5-7(9)10;/h6H,2-5,8H2,1H3;1H. The van der Waals surface area contributed by atoms with E-state index < -0.39 is 0 Å². The number of hydrogen-bond acceptors (Lipinski definition) is 3. The third-order valence-corrected chi connectivity index (χ3v) is 1.92. The second-order valence-corrected chi connectivity index (χ2v) is 2.77. The topological polar surface area (TPSA) is 55.6 Å². The van der Waals surface area contributed by atoms with Crippen molar-refractivity contribution in [3.63, 3.8) is 0 Å². The molecule has 0 aromatic carbocycles. The molecule has 1 aliphatic rings. The molecule has 1 fully saturated rings. The molecule has 4 nitrogen and oxygen atoms in total. The van der Waals surface area contributed by atoms with Gasteiger partial charge in [0.15, 0.2) is 0 Å². The number of amides is 1. The first-order valence-electron chi connectivity index (χ1n) is 3.79. The van der Waals surface area contributed by atoms with Crippen molar-refractivity contribution in [2.24, 2.45) is 5.73 Å². The Balaban J connectivity index is 0.00000121. The third kappa shape index (κ3) is 2.97. The minimum atomic E-state index is 0. The van der Waals surface area contributed by atoms with E-state index in [0.717, 1.165) is 13.0 Å². The average Bonchev–Trinajstić information content (AvgIpc) is 2.16. The molecule has 1 unspecified atom stereocenters. The molecule has 0 spiro atoms. The maximum absolute atomic E-state index is 11.0. The average molecular weight is 195 g/mol. The van der Waals surface area contributed by atoms with Crippen molar-refractivity contribution < 1.29 is 9.53 Å². The SMILES string of the molecule is CN1CCC(CN)OCC1=O.Cl. The number of ether oxygens (including phenoxy) is 1. The minimum absolute atomic E-state index is 0. The van der Waals surface area contributed by atoms with Crippen LogP contribution in [0.1, 0.15) is 6.42 Å². The van der Waals surface area contributed by atoms with Crippen LogP contribution < -0.4 is 5.73 Å². The second-order valence-electron chi connectivity index (χ2n) is 2.77. The fraction of sp³-hybridized carbons (Fsp3) is 0.857. The molecule has 0 aromatic heterocycles. The summed E-state index contributed by atoms with van der Waals surface area (Å²) < 4.78 is 5.22. The lowest BCUT2D eigenvalue weighted by Crippen LogP contribution is -2.28. The van der Waals surface area contributed by atoms with Crippen LogP contribution >= 0.6 is 12.4 Å². The first-order valence-corrected chi connectivity index (χ1v) is 3.79. The van der Waals surface area contributed by atoms with E-state index in [-0.39, 0.29) is 31.0 Å². The van der Waals surface area contributed by atoms with Crippen LogP contribution in [0.15, 0.2) is 0 Å². The second kappa shape index (κ2) is 5.35. The minimum Gasteiger partial charge on any atom is -0.367 e. The molecule has 1 amide bonds. The van der Waals surface area contributed by atoms with Crippen LogP contribution in [0.4, 0.5) is 0 Å². The Morgan fingerprint density at radius 3 is 3.00 bits per heavy atom. The normalized spacial score (nSPS) is 24.7. The van der Waals surface area contributed by atoms with E-state index in [9.17, 15) is 4.79 Å². The quantitative estimate of drug-likeness (QED) is 0.619. The van der Waals surface area contributed by atoms with Crippen molar-refractivity contribution in [2.75, 3.05) is 26.7 Å². The molecule has 72 valence electrons. The van der Waals surface area contributed by atoms with Gasteiger partial charge >= 0.3 is 0 Å². The van der Waals surface area contributed by atoms with E-state index in [2.05, 4.69) is 0 Å². The predicted molar refractivity (Wildman–Crippen MR) is 48.3 cm³/mol. The number of carbonyl (C=O) groups is 1. The van der Waals surface area contributed by atoms with E-state index in [4.69, 9.17) is 10.5 Å². The van der Waals surface area contributed by atoms with Crippen LogP contribution in [-0.4, -0.2) is 43.7 Å². The number of halogens is 1. The van der Waals surface area contributed by atoms with Crippen molar-refractivity contribution in [3.8, 4) is 0 Å². The number of nitrogens with two attached hydrogens (primary N) is 1. The molecular weight excluding hydrogens is 180 g/mol. The van der Waals surface area contributed by atoms with Crippen LogP contribution in [0.5, 0.6) is 0 Å². The van der Waals surface area contributed by atoms with Crippen molar-refractivity contribution in [3.05, 3.63) is 0 Å². The Labute approximate surface area is 78.5 Å². The fourth-order valence-electron chi connectivity index (χ4n) is 1.03. The van der Waals surface area contributed by atoms with Gasteiger partial charge in [-0.3, -0.25) is 4.79 Å². The molecule has 12 heavy (non-hydrogen) atoms. The van der Waals surface area contributed by atoms with Crippen LogP contribution in [0.3, 0.4) is 0 Å². The summed E-state index contributed by atoms with van der Waals surface area (Å²) in [6.45, 7) is 1.43. The zero-order valence-corrected chi connectivity index (χ0v) is 7.97. The molecule has 0 aliphatic carbocycles. The maximum Gasteiger partial charge on any atom is 0.248 e. The Kier molecular flexibility index (Phi) is 5.20. The molecule has 1 rings (SSSR count). The number of carbonyl (C=O) groups excluding carboxylic acids is 1. The van der Waals surface area contributed by atoms with Crippen LogP contribution in [0.2, 0.25) is 0 Å². The fourth-order valence-corrected chi connectivity index (χ4v) is 1.03. The summed E-state index contributed by atoms with van der Waals surface area (Å²) in [6.07, 6.45) is 0.905. The van der Waals surface area contributed by atoms with E-state index in [0.29, 0.717) is 6.54 Å². The number of hydrogen-bond donors (Lipinski definition) is 1. The molecule has 1 atom stereocenters. The number of rotatable bonds is 1. The molecule has 0 saturated carbocycles. The molecule has 0 aromatic rings. The summed E-state index contributed by atoms with van der Waals surface area (Å²) >= 11 is 0. The molecule has 1 aliphatic heterocycles. The highest BCUT2D eigenvalue weighted by Gasteiger charge is 2.18. The van der Waals surface area contributed by atoms with Crippen LogP contribution in [-0.2, 0) is 9.53 Å².